The van der Waals surface area contributed by atoms with E-state index in [2.05, 4.69) is 5.10 Å². The number of aryl methyl sites for hydroxylation is 2. The molecular weight excluding hydrogens is 325 g/mol. The molecule has 3 rings (SSSR count). The van der Waals surface area contributed by atoms with Crippen LogP contribution in [-0.2, 0) is 11.8 Å². The first-order valence-corrected chi connectivity index (χ1v) is 8.22. The first-order valence-electron chi connectivity index (χ1n) is 8.22. The predicted molar refractivity (Wildman–Crippen MR) is 89.7 cm³/mol. The number of carbonyl (C=O) groups is 1. The van der Waals surface area contributed by atoms with Crippen molar-refractivity contribution in [3.8, 4) is 5.75 Å². The molecule has 1 N–H and O–H groups in total. The minimum atomic E-state index is -0.626. The highest BCUT2D eigenvalue weighted by molar-refractivity contribution is 5.78. The van der Waals surface area contributed by atoms with Crippen molar-refractivity contribution in [2.24, 2.45) is 7.05 Å². The summed E-state index contributed by atoms with van der Waals surface area (Å²) in [4.78, 5) is 14.2. The Morgan fingerprint density at radius 2 is 2.20 bits per heavy atom. The first-order chi connectivity index (χ1) is 11.9. The topological polar surface area (TPSA) is 67.6 Å². The number of ether oxygens (including phenoxy) is 1. The molecule has 1 aromatic carbocycles. The minimum absolute atomic E-state index is 0.147. The number of carbonyl (C=O) groups excluding carboxylic acids is 1. The molecule has 0 aliphatic carbocycles. The molecule has 1 aliphatic heterocycles. The summed E-state index contributed by atoms with van der Waals surface area (Å²) in [5, 5.41) is 14.2. The Labute approximate surface area is 145 Å². The Morgan fingerprint density at radius 3 is 2.84 bits per heavy atom. The third-order valence-corrected chi connectivity index (χ3v) is 4.62. The lowest BCUT2D eigenvalue weighted by molar-refractivity contribution is -0.134. The van der Waals surface area contributed by atoms with Gasteiger partial charge in [0.25, 0.3) is 5.91 Å². The largest absolute Gasteiger partial charge is 0.480 e. The summed E-state index contributed by atoms with van der Waals surface area (Å²) >= 11 is 0. The van der Waals surface area contributed by atoms with Crippen LogP contribution >= 0.6 is 0 Å². The fraction of sp³-hybridized carbons (Fsp3) is 0.444. The van der Waals surface area contributed by atoms with Gasteiger partial charge in [0.1, 0.15) is 11.5 Å². The molecule has 1 amide bonds. The summed E-state index contributed by atoms with van der Waals surface area (Å²) in [6.07, 6.45) is -0.237. The number of likely N-dealkylation sites (tertiary alicyclic amines) is 1. The molecule has 6 nitrogen and oxygen atoms in total. The van der Waals surface area contributed by atoms with Crippen LogP contribution in [0.4, 0.5) is 4.39 Å². The SMILES string of the molecule is Cc1nn(C)c(C)c1OCC(=O)N1C[C@@H](O)C[C@@H]1c1cccc(F)c1. The molecule has 0 radical (unpaired) electrons. The summed E-state index contributed by atoms with van der Waals surface area (Å²) in [6.45, 7) is 3.76. The van der Waals surface area contributed by atoms with Crippen LogP contribution in [0.5, 0.6) is 5.75 Å². The minimum Gasteiger partial charge on any atom is -0.480 e. The van der Waals surface area contributed by atoms with Crippen LogP contribution in [0.1, 0.15) is 29.4 Å². The quantitative estimate of drug-likeness (QED) is 0.917. The molecule has 2 atom stereocenters. The third-order valence-electron chi connectivity index (χ3n) is 4.62. The lowest BCUT2D eigenvalue weighted by atomic mass is 10.0. The highest BCUT2D eigenvalue weighted by Gasteiger charge is 2.35. The average molecular weight is 347 g/mol. The Morgan fingerprint density at radius 1 is 1.44 bits per heavy atom. The molecule has 134 valence electrons. The molecule has 0 unspecified atom stereocenters. The number of benzene rings is 1. The van der Waals surface area contributed by atoms with Gasteiger partial charge in [-0.1, -0.05) is 12.1 Å². The maximum atomic E-state index is 13.5. The third kappa shape index (κ3) is 3.51. The van der Waals surface area contributed by atoms with E-state index in [1.54, 1.807) is 21.7 Å². The van der Waals surface area contributed by atoms with Crippen molar-refractivity contribution in [1.82, 2.24) is 14.7 Å². The van der Waals surface area contributed by atoms with Gasteiger partial charge in [0.15, 0.2) is 12.4 Å². The second kappa shape index (κ2) is 6.84. The fourth-order valence-corrected chi connectivity index (χ4v) is 3.30. The van der Waals surface area contributed by atoms with Crippen LogP contribution < -0.4 is 4.74 Å². The Bertz CT molecular complexity index is 790. The Kier molecular flexibility index (Phi) is 4.76. The van der Waals surface area contributed by atoms with Gasteiger partial charge in [-0.2, -0.15) is 5.10 Å². The fourth-order valence-electron chi connectivity index (χ4n) is 3.30. The van der Waals surface area contributed by atoms with Gasteiger partial charge in [-0.15, -0.1) is 0 Å². The van der Waals surface area contributed by atoms with E-state index >= 15 is 0 Å². The van der Waals surface area contributed by atoms with Crippen molar-refractivity contribution >= 4 is 5.91 Å². The highest BCUT2D eigenvalue weighted by atomic mass is 19.1. The standard InChI is InChI=1S/C18H22FN3O3/c1-11-18(12(2)21(3)20-11)25-10-17(24)22-9-15(23)8-16(22)13-5-4-6-14(19)7-13/h4-7,15-16,23H,8-10H2,1-3H3/t15-,16+/m0/s1. The zero-order valence-corrected chi connectivity index (χ0v) is 14.6. The molecule has 1 fully saturated rings. The Balaban J connectivity index is 1.73. The number of aromatic nitrogens is 2. The van der Waals surface area contributed by atoms with Crippen LogP contribution in [0, 0.1) is 19.7 Å². The maximum absolute atomic E-state index is 13.5. The summed E-state index contributed by atoms with van der Waals surface area (Å²) in [5.41, 5.74) is 2.24. The number of aliphatic hydroxyl groups is 1. The Hall–Kier alpha value is -2.41. The monoisotopic (exact) mass is 347 g/mol. The van der Waals surface area contributed by atoms with Crippen LogP contribution in [0.15, 0.2) is 24.3 Å². The number of β-amino-alcohol motifs (C(OH)–C–C–N with tert-alkyl or cyclic N) is 1. The van der Waals surface area contributed by atoms with E-state index in [9.17, 15) is 14.3 Å². The lowest BCUT2D eigenvalue weighted by Crippen LogP contribution is -2.35. The van der Waals surface area contributed by atoms with Crippen LogP contribution in [0.2, 0.25) is 0 Å². The van der Waals surface area contributed by atoms with Gasteiger partial charge in [-0.25, -0.2) is 4.39 Å². The van der Waals surface area contributed by atoms with Crippen molar-refractivity contribution in [2.45, 2.75) is 32.4 Å². The molecule has 2 heterocycles. The highest BCUT2D eigenvalue weighted by Crippen LogP contribution is 2.32. The van der Waals surface area contributed by atoms with Gasteiger partial charge in [-0.05, 0) is 38.0 Å². The first kappa shape index (κ1) is 17.4. The molecule has 25 heavy (non-hydrogen) atoms. The summed E-state index contributed by atoms with van der Waals surface area (Å²) < 4.78 is 20.9. The second-order valence-corrected chi connectivity index (χ2v) is 6.42. The smallest absolute Gasteiger partial charge is 0.261 e. The zero-order chi connectivity index (χ0) is 18.1. The van der Waals surface area contributed by atoms with Crippen LogP contribution in [0.25, 0.3) is 0 Å². The molecule has 0 spiro atoms. The van der Waals surface area contributed by atoms with E-state index in [1.165, 1.54) is 12.1 Å². The number of aliphatic hydroxyl groups excluding tert-OH is 1. The molecule has 0 bridgehead atoms. The number of rotatable bonds is 4. The van der Waals surface area contributed by atoms with E-state index in [4.69, 9.17) is 4.74 Å². The number of nitrogens with zero attached hydrogens (tertiary/aromatic N) is 3. The van der Waals surface area contributed by atoms with Crippen molar-refractivity contribution in [3.05, 3.63) is 47.0 Å². The van der Waals surface area contributed by atoms with Gasteiger partial charge in [0.05, 0.1) is 17.8 Å². The van der Waals surface area contributed by atoms with E-state index < -0.39 is 6.10 Å². The van der Waals surface area contributed by atoms with Crippen molar-refractivity contribution in [2.75, 3.05) is 13.2 Å². The van der Waals surface area contributed by atoms with Crippen molar-refractivity contribution in [3.63, 3.8) is 0 Å². The normalized spacial score (nSPS) is 20.1. The predicted octanol–water partition coefficient (Wildman–Crippen LogP) is 1.89. The molecule has 1 aliphatic rings. The van der Waals surface area contributed by atoms with E-state index in [0.717, 1.165) is 11.4 Å². The van der Waals surface area contributed by atoms with Crippen molar-refractivity contribution < 1.29 is 19.0 Å². The lowest BCUT2D eigenvalue weighted by Gasteiger charge is -2.25. The second-order valence-electron chi connectivity index (χ2n) is 6.42. The molecular formula is C18H22FN3O3. The maximum Gasteiger partial charge on any atom is 0.261 e. The van der Waals surface area contributed by atoms with Crippen molar-refractivity contribution in [1.29, 1.82) is 0 Å². The van der Waals surface area contributed by atoms with Gasteiger partial charge < -0.3 is 14.7 Å². The van der Waals surface area contributed by atoms with Gasteiger partial charge >= 0.3 is 0 Å². The molecule has 7 heteroatoms. The number of amides is 1. The number of hydrogen-bond donors (Lipinski definition) is 1. The van der Waals surface area contributed by atoms with Crippen LogP contribution in [-0.4, -0.2) is 44.9 Å². The van der Waals surface area contributed by atoms with Crippen LogP contribution in [0.3, 0.4) is 0 Å². The van der Waals surface area contributed by atoms with E-state index in [1.807, 2.05) is 20.9 Å². The molecule has 1 aromatic heterocycles. The number of hydrogen-bond acceptors (Lipinski definition) is 4. The summed E-state index contributed by atoms with van der Waals surface area (Å²) in [6, 6.07) is 5.79. The summed E-state index contributed by atoms with van der Waals surface area (Å²) in [7, 11) is 1.81. The number of halogens is 1. The van der Waals surface area contributed by atoms with E-state index in [-0.39, 0.29) is 30.9 Å². The molecule has 0 saturated carbocycles. The van der Waals surface area contributed by atoms with E-state index in [0.29, 0.717) is 17.7 Å². The zero-order valence-electron chi connectivity index (χ0n) is 14.6. The van der Waals surface area contributed by atoms with Gasteiger partial charge in [0.2, 0.25) is 0 Å². The van der Waals surface area contributed by atoms with Gasteiger partial charge in [0, 0.05) is 13.6 Å². The van der Waals surface area contributed by atoms with Gasteiger partial charge in [-0.3, -0.25) is 9.48 Å². The molecule has 2 aromatic rings. The summed E-state index contributed by atoms with van der Waals surface area (Å²) in [5.74, 6) is -0.00415. The average Bonchev–Trinajstić information content (AvgIpc) is 3.06. The molecule has 1 saturated heterocycles.